The van der Waals surface area contributed by atoms with Gasteiger partial charge in [-0.3, -0.25) is 0 Å². The zero-order chi connectivity index (χ0) is 14.5. The Bertz CT molecular complexity index is 177. The molecule has 0 aliphatic heterocycles. The van der Waals surface area contributed by atoms with E-state index < -0.39 is 0 Å². The van der Waals surface area contributed by atoms with Gasteiger partial charge in [0.2, 0.25) is 0 Å². The summed E-state index contributed by atoms with van der Waals surface area (Å²) in [6.07, 6.45) is 7.83. The maximum Gasteiger partial charge on any atom is -0.000667 e. The van der Waals surface area contributed by atoms with Crippen LogP contribution in [0, 0.1) is 5.92 Å². The van der Waals surface area contributed by atoms with E-state index in [2.05, 4.69) is 37.7 Å². The third-order valence-corrected chi connectivity index (χ3v) is 3.89. The molecule has 0 amide bonds. The fourth-order valence-electron chi connectivity index (χ4n) is 2.72. The van der Waals surface area contributed by atoms with Gasteiger partial charge < -0.3 is 15.5 Å². The minimum atomic E-state index is 0.852. The molecule has 0 aliphatic rings. The van der Waals surface area contributed by atoms with Crippen LogP contribution in [0.2, 0.25) is 0 Å². The van der Waals surface area contributed by atoms with E-state index in [1.54, 1.807) is 0 Å². The molecule has 3 heteroatoms. The molecule has 0 rings (SSSR count). The van der Waals surface area contributed by atoms with E-state index in [0.717, 1.165) is 12.5 Å². The molecule has 0 aliphatic carbocycles. The zero-order valence-corrected chi connectivity index (χ0v) is 13.8. The van der Waals surface area contributed by atoms with E-state index in [-0.39, 0.29) is 0 Å². The van der Waals surface area contributed by atoms with Crippen LogP contribution in [0.15, 0.2) is 0 Å². The van der Waals surface area contributed by atoms with E-state index in [1.807, 2.05) is 0 Å². The van der Waals surface area contributed by atoms with Crippen molar-refractivity contribution in [1.82, 2.24) is 9.80 Å². The van der Waals surface area contributed by atoms with Gasteiger partial charge in [0.25, 0.3) is 0 Å². The van der Waals surface area contributed by atoms with Crippen LogP contribution >= 0.6 is 0 Å². The van der Waals surface area contributed by atoms with Crippen molar-refractivity contribution in [3.05, 3.63) is 0 Å². The van der Waals surface area contributed by atoms with Gasteiger partial charge in [-0.25, -0.2) is 0 Å². The molecule has 2 N–H and O–H groups in total. The molecular weight excluding hydrogens is 234 g/mol. The summed E-state index contributed by atoms with van der Waals surface area (Å²) in [7, 11) is 4.30. The molecule has 0 saturated heterocycles. The van der Waals surface area contributed by atoms with Gasteiger partial charge in [0.15, 0.2) is 0 Å². The second kappa shape index (κ2) is 12.9. The molecule has 0 bridgehead atoms. The number of hydrogen-bond donors (Lipinski definition) is 1. The number of rotatable bonds is 13. The average molecular weight is 271 g/mol. The molecule has 0 saturated carbocycles. The SMILES string of the molecule is CCCC(CCN)CCCN(CC)CCCN(C)C. The first-order chi connectivity index (χ1) is 9.13. The maximum atomic E-state index is 5.70. The van der Waals surface area contributed by atoms with Crippen molar-refractivity contribution in [3.8, 4) is 0 Å². The lowest BCUT2D eigenvalue weighted by molar-refractivity contribution is 0.252. The lowest BCUT2D eigenvalue weighted by Gasteiger charge is -2.23. The third-order valence-electron chi connectivity index (χ3n) is 3.89. The maximum absolute atomic E-state index is 5.70. The minimum Gasteiger partial charge on any atom is -0.330 e. The van der Waals surface area contributed by atoms with Gasteiger partial charge in [-0.15, -0.1) is 0 Å². The molecule has 1 atom stereocenters. The highest BCUT2D eigenvalue weighted by Crippen LogP contribution is 2.17. The molecule has 0 aromatic heterocycles. The van der Waals surface area contributed by atoms with Crippen molar-refractivity contribution >= 4 is 0 Å². The Morgan fingerprint density at radius 3 is 2.11 bits per heavy atom. The average Bonchev–Trinajstić information content (AvgIpc) is 2.37. The normalized spacial score (nSPS) is 13.4. The van der Waals surface area contributed by atoms with Gasteiger partial charge in [0.1, 0.15) is 0 Å². The largest absolute Gasteiger partial charge is 0.330 e. The van der Waals surface area contributed by atoms with Crippen LogP contribution in [0.4, 0.5) is 0 Å². The molecule has 0 radical (unpaired) electrons. The first-order valence-corrected chi connectivity index (χ1v) is 8.21. The van der Waals surface area contributed by atoms with Crippen molar-refractivity contribution in [2.24, 2.45) is 11.7 Å². The highest BCUT2D eigenvalue weighted by Gasteiger charge is 2.08. The quantitative estimate of drug-likeness (QED) is 0.559. The van der Waals surface area contributed by atoms with Gasteiger partial charge in [0.05, 0.1) is 0 Å². The van der Waals surface area contributed by atoms with Crippen LogP contribution < -0.4 is 5.73 Å². The van der Waals surface area contributed by atoms with E-state index in [1.165, 1.54) is 64.7 Å². The summed E-state index contributed by atoms with van der Waals surface area (Å²) in [6.45, 7) is 10.3. The van der Waals surface area contributed by atoms with Gasteiger partial charge in [-0.05, 0) is 78.4 Å². The molecule has 3 nitrogen and oxygen atoms in total. The van der Waals surface area contributed by atoms with Crippen LogP contribution in [0.25, 0.3) is 0 Å². The summed E-state index contributed by atoms with van der Waals surface area (Å²) >= 11 is 0. The molecule has 1 unspecified atom stereocenters. The first kappa shape index (κ1) is 18.9. The molecule has 0 aromatic rings. The van der Waals surface area contributed by atoms with E-state index >= 15 is 0 Å². The summed E-state index contributed by atoms with van der Waals surface area (Å²) in [5.41, 5.74) is 5.70. The fraction of sp³-hybridized carbons (Fsp3) is 1.00. The van der Waals surface area contributed by atoms with Crippen molar-refractivity contribution in [3.63, 3.8) is 0 Å². The molecule has 0 fully saturated rings. The lowest BCUT2D eigenvalue weighted by Crippen LogP contribution is -2.28. The summed E-state index contributed by atoms with van der Waals surface area (Å²) in [5.74, 6) is 0.857. The molecular formula is C16H37N3. The van der Waals surface area contributed by atoms with Crippen molar-refractivity contribution in [2.45, 2.75) is 52.4 Å². The number of nitrogens with two attached hydrogens (primary N) is 1. The number of nitrogens with zero attached hydrogens (tertiary/aromatic N) is 2. The van der Waals surface area contributed by atoms with E-state index in [9.17, 15) is 0 Å². The van der Waals surface area contributed by atoms with Crippen LogP contribution in [0.5, 0.6) is 0 Å². The Morgan fingerprint density at radius 2 is 1.58 bits per heavy atom. The Kier molecular flexibility index (Phi) is 12.8. The van der Waals surface area contributed by atoms with E-state index in [0.29, 0.717) is 0 Å². The third kappa shape index (κ3) is 11.4. The van der Waals surface area contributed by atoms with Crippen molar-refractivity contribution in [2.75, 3.05) is 46.8 Å². The summed E-state index contributed by atoms with van der Waals surface area (Å²) in [4.78, 5) is 4.86. The molecule has 0 aromatic carbocycles. The van der Waals surface area contributed by atoms with Crippen LogP contribution in [-0.2, 0) is 0 Å². The second-order valence-electron chi connectivity index (χ2n) is 5.97. The molecule has 0 spiro atoms. The Labute approximate surface area is 121 Å². The predicted molar refractivity (Wildman–Crippen MR) is 86.6 cm³/mol. The Balaban J connectivity index is 3.73. The summed E-state index contributed by atoms with van der Waals surface area (Å²) < 4.78 is 0. The smallest absolute Gasteiger partial charge is 0.000667 e. The van der Waals surface area contributed by atoms with Crippen molar-refractivity contribution in [1.29, 1.82) is 0 Å². The van der Waals surface area contributed by atoms with Gasteiger partial charge in [-0.1, -0.05) is 26.7 Å². The van der Waals surface area contributed by atoms with Crippen molar-refractivity contribution < 1.29 is 0 Å². The predicted octanol–water partition coefficient (Wildman–Crippen LogP) is 2.81. The van der Waals surface area contributed by atoms with Gasteiger partial charge in [-0.2, -0.15) is 0 Å². The minimum absolute atomic E-state index is 0.852. The van der Waals surface area contributed by atoms with Crippen LogP contribution in [-0.4, -0.2) is 56.6 Å². The second-order valence-corrected chi connectivity index (χ2v) is 5.97. The standard InChI is InChI=1S/C16H37N3/c1-5-9-16(11-12-17)10-7-14-19(6-2)15-8-13-18(3)4/h16H,5-15,17H2,1-4H3. The van der Waals surface area contributed by atoms with E-state index in [4.69, 9.17) is 5.73 Å². The first-order valence-electron chi connectivity index (χ1n) is 8.21. The van der Waals surface area contributed by atoms with Crippen LogP contribution in [0.1, 0.15) is 52.4 Å². The van der Waals surface area contributed by atoms with Gasteiger partial charge >= 0.3 is 0 Å². The molecule has 116 valence electrons. The summed E-state index contributed by atoms with van der Waals surface area (Å²) in [6, 6.07) is 0. The van der Waals surface area contributed by atoms with Crippen LogP contribution in [0.3, 0.4) is 0 Å². The van der Waals surface area contributed by atoms with Gasteiger partial charge in [0, 0.05) is 0 Å². The molecule has 19 heavy (non-hydrogen) atoms. The number of hydrogen-bond acceptors (Lipinski definition) is 3. The highest BCUT2D eigenvalue weighted by molar-refractivity contribution is 4.63. The molecule has 0 heterocycles. The lowest BCUT2D eigenvalue weighted by atomic mass is 9.94. The fourth-order valence-corrected chi connectivity index (χ4v) is 2.72. The highest BCUT2D eigenvalue weighted by atomic mass is 15.1. The Morgan fingerprint density at radius 1 is 0.895 bits per heavy atom. The zero-order valence-electron chi connectivity index (χ0n) is 13.8. The monoisotopic (exact) mass is 271 g/mol. The topological polar surface area (TPSA) is 32.5 Å². The Hall–Kier alpha value is -0.120. The summed E-state index contributed by atoms with van der Waals surface area (Å²) in [5, 5.41) is 0.